The van der Waals surface area contributed by atoms with Gasteiger partial charge in [0.25, 0.3) is 5.56 Å². The number of fused-ring (bicyclic) bond motifs is 1. The van der Waals surface area contributed by atoms with Crippen LogP contribution in [0.1, 0.15) is 6.42 Å². The number of hydrogen-bond donors (Lipinski definition) is 3. The molecule has 7 heteroatoms. The van der Waals surface area contributed by atoms with Crippen LogP contribution < -0.4 is 5.56 Å². The van der Waals surface area contributed by atoms with E-state index in [9.17, 15) is 9.90 Å². The van der Waals surface area contributed by atoms with Crippen LogP contribution in [0.15, 0.2) is 17.4 Å². The number of aliphatic hydroxyl groups is 2. The Kier molecular flexibility index (Phi) is 2.46. The van der Waals surface area contributed by atoms with Gasteiger partial charge in [-0.05, 0) is 12.3 Å². The predicted molar refractivity (Wildman–Crippen MR) is 62.9 cm³/mol. The van der Waals surface area contributed by atoms with E-state index in [1.54, 1.807) is 10.9 Å². The number of aliphatic hydroxyl groups excluding tert-OH is 2. The molecule has 1 aliphatic carbocycles. The summed E-state index contributed by atoms with van der Waals surface area (Å²) in [7, 11) is 0. The topological polar surface area (TPSA) is 104 Å². The van der Waals surface area contributed by atoms with Crippen LogP contribution in [0.4, 0.5) is 0 Å². The molecule has 2 atom stereocenters. The molecule has 3 N–H and O–H groups in total. The van der Waals surface area contributed by atoms with Gasteiger partial charge in [-0.1, -0.05) is 0 Å². The minimum Gasteiger partial charge on any atom is -0.396 e. The molecule has 2 aromatic rings. The van der Waals surface area contributed by atoms with Gasteiger partial charge in [0.15, 0.2) is 11.2 Å². The average molecular weight is 250 g/mol. The number of nitrogens with zero attached hydrogens (tertiary/aromatic N) is 3. The second-order valence-corrected chi connectivity index (χ2v) is 4.88. The van der Waals surface area contributed by atoms with Gasteiger partial charge in [0.1, 0.15) is 0 Å². The Balaban J connectivity index is 1.97. The van der Waals surface area contributed by atoms with Crippen molar-refractivity contribution in [3.63, 3.8) is 0 Å². The van der Waals surface area contributed by atoms with E-state index < -0.39 is 0 Å². The highest BCUT2D eigenvalue weighted by Gasteiger charge is 2.53. The van der Waals surface area contributed by atoms with Gasteiger partial charge >= 0.3 is 0 Å². The lowest BCUT2D eigenvalue weighted by Gasteiger charge is -2.14. The van der Waals surface area contributed by atoms with E-state index in [0.717, 1.165) is 6.42 Å². The maximum Gasteiger partial charge on any atom is 0.278 e. The molecule has 1 aliphatic rings. The molecule has 2 heterocycles. The first-order chi connectivity index (χ1) is 8.70. The fourth-order valence-electron chi connectivity index (χ4n) is 2.47. The van der Waals surface area contributed by atoms with Crippen LogP contribution in [0, 0.1) is 11.3 Å². The molecule has 0 aromatic carbocycles. The maximum atomic E-state index is 11.5. The van der Waals surface area contributed by atoms with Crippen LogP contribution in [0.2, 0.25) is 0 Å². The number of aromatic amines is 1. The van der Waals surface area contributed by atoms with E-state index in [-0.39, 0.29) is 30.1 Å². The number of aromatic nitrogens is 4. The minimum atomic E-state index is -0.299. The number of imidazole rings is 1. The largest absolute Gasteiger partial charge is 0.396 e. The van der Waals surface area contributed by atoms with E-state index in [1.165, 1.54) is 6.33 Å². The van der Waals surface area contributed by atoms with E-state index in [1.807, 2.05) is 0 Å². The lowest BCUT2D eigenvalue weighted by atomic mass is 10.1. The van der Waals surface area contributed by atoms with E-state index >= 15 is 0 Å². The second kappa shape index (κ2) is 3.89. The zero-order valence-corrected chi connectivity index (χ0v) is 9.70. The molecule has 0 amide bonds. The number of hydrogen-bond acceptors (Lipinski definition) is 5. The van der Waals surface area contributed by atoms with Gasteiger partial charge in [-0.15, -0.1) is 0 Å². The molecule has 0 spiro atoms. The first-order valence-electron chi connectivity index (χ1n) is 5.80. The quantitative estimate of drug-likeness (QED) is 0.653. The molecule has 0 aliphatic heterocycles. The fraction of sp³-hybridized carbons (Fsp3) is 0.545. The third kappa shape index (κ3) is 1.55. The molecular formula is C11H14N4O3. The molecule has 96 valence electrons. The van der Waals surface area contributed by atoms with Crippen LogP contribution in [0.25, 0.3) is 11.2 Å². The van der Waals surface area contributed by atoms with Crippen molar-refractivity contribution in [1.29, 1.82) is 0 Å². The lowest BCUT2D eigenvalue weighted by Crippen LogP contribution is -2.19. The van der Waals surface area contributed by atoms with Gasteiger partial charge in [0, 0.05) is 18.6 Å². The summed E-state index contributed by atoms with van der Waals surface area (Å²) in [6.07, 6.45) is 3.67. The molecule has 0 saturated heterocycles. The van der Waals surface area contributed by atoms with Crippen LogP contribution >= 0.6 is 0 Å². The predicted octanol–water partition coefficient (Wildman–Crippen LogP) is -0.890. The lowest BCUT2D eigenvalue weighted by molar-refractivity contribution is 0.158. The smallest absolute Gasteiger partial charge is 0.278 e. The van der Waals surface area contributed by atoms with E-state index in [0.29, 0.717) is 17.7 Å². The molecule has 18 heavy (non-hydrogen) atoms. The zero-order chi connectivity index (χ0) is 12.8. The first-order valence-corrected chi connectivity index (χ1v) is 5.80. The van der Waals surface area contributed by atoms with Crippen molar-refractivity contribution >= 4 is 11.2 Å². The van der Waals surface area contributed by atoms with Crippen molar-refractivity contribution in [3.05, 3.63) is 23.0 Å². The molecule has 0 radical (unpaired) electrons. The highest BCUT2D eigenvalue weighted by Crippen LogP contribution is 2.53. The average Bonchev–Trinajstić information content (AvgIpc) is 2.94. The third-order valence-electron chi connectivity index (χ3n) is 3.79. The summed E-state index contributed by atoms with van der Waals surface area (Å²) in [5, 5.41) is 18.6. The van der Waals surface area contributed by atoms with Gasteiger partial charge in [0.2, 0.25) is 0 Å². The molecule has 0 bridgehead atoms. The van der Waals surface area contributed by atoms with Gasteiger partial charge < -0.3 is 19.8 Å². The van der Waals surface area contributed by atoms with Crippen molar-refractivity contribution in [2.24, 2.45) is 11.3 Å². The number of H-pyrrole nitrogens is 1. The van der Waals surface area contributed by atoms with Crippen molar-refractivity contribution < 1.29 is 10.2 Å². The normalized spacial score (nSPS) is 26.7. The minimum absolute atomic E-state index is 0.0150. The second-order valence-electron chi connectivity index (χ2n) is 4.88. The summed E-state index contributed by atoms with van der Waals surface area (Å²) in [5.41, 5.74) is 0.236. The Morgan fingerprint density at radius 3 is 3.00 bits per heavy atom. The van der Waals surface area contributed by atoms with E-state index in [4.69, 9.17) is 5.11 Å². The summed E-state index contributed by atoms with van der Waals surface area (Å²) in [6, 6.07) is 0. The molecule has 3 rings (SSSR count). The SMILES string of the molecule is O=c1[nH]cnc2c1ncn2C[C@@]1(CO)C[C@@H]1CO. The Labute approximate surface area is 102 Å². The fourth-order valence-corrected chi connectivity index (χ4v) is 2.47. The van der Waals surface area contributed by atoms with Gasteiger partial charge in [0.05, 0.1) is 19.3 Å². The van der Waals surface area contributed by atoms with Crippen LogP contribution in [0.3, 0.4) is 0 Å². The van der Waals surface area contributed by atoms with Crippen molar-refractivity contribution in [2.45, 2.75) is 13.0 Å². The first kappa shape index (κ1) is 11.4. The Morgan fingerprint density at radius 1 is 1.50 bits per heavy atom. The Morgan fingerprint density at radius 2 is 2.33 bits per heavy atom. The highest BCUT2D eigenvalue weighted by atomic mass is 16.3. The Hall–Kier alpha value is -1.73. The molecule has 0 unspecified atom stereocenters. The maximum absolute atomic E-state index is 11.5. The molecule has 1 fully saturated rings. The molecule has 2 aromatic heterocycles. The van der Waals surface area contributed by atoms with Crippen molar-refractivity contribution in [1.82, 2.24) is 19.5 Å². The van der Waals surface area contributed by atoms with Crippen molar-refractivity contribution in [2.75, 3.05) is 13.2 Å². The molecule has 7 nitrogen and oxygen atoms in total. The summed E-state index contributed by atoms with van der Waals surface area (Å²) in [4.78, 5) is 22.1. The van der Waals surface area contributed by atoms with Crippen LogP contribution in [-0.2, 0) is 6.54 Å². The van der Waals surface area contributed by atoms with E-state index in [2.05, 4.69) is 15.0 Å². The van der Waals surface area contributed by atoms with Gasteiger partial charge in [-0.2, -0.15) is 0 Å². The molecular weight excluding hydrogens is 236 g/mol. The summed E-state index contributed by atoms with van der Waals surface area (Å²) in [5.74, 6) is 0.113. The number of nitrogens with one attached hydrogen (secondary N) is 1. The highest BCUT2D eigenvalue weighted by molar-refractivity contribution is 5.68. The van der Waals surface area contributed by atoms with Crippen LogP contribution in [0.5, 0.6) is 0 Å². The monoisotopic (exact) mass is 250 g/mol. The summed E-state index contributed by atoms with van der Waals surface area (Å²) < 4.78 is 1.76. The Bertz CT molecular complexity index is 634. The standard InChI is InChI=1S/C11H14N4O3/c16-2-7-1-11(7,4-17)3-15-6-14-8-9(15)12-5-13-10(8)18/h5-7,16-17H,1-4H2,(H,12,13,18)/t7-,11-/m1/s1. The zero-order valence-electron chi connectivity index (χ0n) is 9.70. The van der Waals surface area contributed by atoms with Crippen molar-refractivity contribution in [3.8, 4) is 0 Å². The molecule has 1 saturated carbocycles. The summed E-state index contributed by atoms with van der Waals surface area (Å²) in [6.45, 7) is 0.601. The van der Waals surface area contributed by atoms with Crippen LogP contribution in [-0.4, -0.2) is 42.9 Å². The van der Waals surface area contributed by atoms with Gasteiger partial charge in [-0.3, -0.25) is 4.79 Å². The third-order valence-corrected chi connectivity index (χ3v) is 3.79. The van der Waals surface area contributed by atoms with Gasteiger partial charge in [-0.25, -0.2) is 9.97 Å². The summed E-state index contributed by atoms with van der Waals surface area (Å²) >= 11 is 0. The number of rotatable bonds is 4.